The van der Waals surface area contributed by atoms with Crippen LogP contribution in [0.15, 0.2) is 47.6 Å². The molecule has 1 amide bonds. The maximum absolute atomic E-state index is 12.1. The van der Waals surface area contributed by atoms with Crippen LogP contribution in [0.1, 0.15) is 29.8 Å². The fraction of sp³-hybridized carbons (Fsp3) is 0.222. The molecule has 0 aliphatic rings. The molecule has 2 aromatic carbocycles. The van der Waals surface area contributed by atoms with Gasteiger partial charge in [-0.15, -0.1) is 0 Å². The molecule has 6 heteroatoms. The highest BCUT2D eigenvalue weighted by atomic mass is 35.5. The Morgan fingerprint density at radius 3 is 2.42 bits per heavy atom. The molecule has 2 aromatic rings. The van der Waals surface area contributed by atoms with Crippen LogP contribution in [-0.4, -0.2) is 25.2 Å². The number of amides is 1. The standard InChI is InChI=1S/C18H19Cl2N3O/c1-3-23(4-2)15-10-8-13(9-11-15)18(24)22-21-12-14-6-5-7-16(19)17(14)20/h5-12H,3-4H2,1-2H3,(H,22,24)/b21-12-. The molecule has 0 radical (unpaired) electrons. The summed E-state index contributed by atoms with van der Waals surface area (Å²) >= 11 is 12.0. The monoisotopic (exact) mass is 363 g/mol. The number of nitrogens with one attached hydrogen (secondary N) is 1. The number of hydrogen-bond acceptors (Lipinski definition) is 3. The Balaban J connectivity index is 2.02. The zero-order chi connectivity index (χ0) is 17.5. The number of benzene rings is 2. The molecule has 1 N–H and O–H groups in total. The van der Waals surface area contributed by atoms with Gasteiger partial charge in [-0.05, 0) is 44.2 Å². The summed E-state index contributed by atoms with van der Waals surface area (Å²) in [6.45, 7) is 6.04. The van der Waals surface area contributed by atoms with E-state index in [9.17, 15) is 4.79 Å². The molecule has 0 saturated heterocycles. The van der Waals surface area contributed by atoms with E-state index in [-0.39, 0.29) is 5.91 Å². The van der Waals surface area contributed by atoms with Crippen molar-refractivity contribution in [2.45, 2.75) is 13.8 Å². The summed E-state index contributed by atoms with van der Waals surface area (Å²) in [7, 11) is 0. The highest BCUT2D eigenvalue weighted by molar-refractivity contribution is 6.43. The molecule has 0 saturated carbocycles. The van der Waals surface area contributed by atoms with Gasteiger partial charge in [-0.3, -0.25) is 4.79 Å². The van der Waals surface area contributed by atoms with E-state index in [0.717, 1.165) is 18.8 Å². The second-order valence-corrected chi connectivity index (χ2v) is 5.85. The van der Waals surface area contributed by atoms with Crippen LogP contribution in [0.3, 0.4) is 0 Å². The van der Waals surface area contributed by atoms with Gasteiger partial charge in [-0.1, -0.05) is 35.3 Å². The second kappa shape index (κ2) is 8.71. The van der Waals surface area contributed by atoms with Crippen molar-refractivity contribution >= 4 is 41.0 Å². The van der Waals surface area contributed by atoms with Crippen LogP contribution in [0, 0.1) is 0 Å². The van der Waals surface area contributed by atoms with Gasteiger partial charge < -0.3 is 4.90 Å². The van der Waals surface area contributed by atoms with Crippen molar-refractivity contribution in [1.29, 1.82) is 0 Å². The lowest BCUT2D eigenvalue weighted by molar-refractivity contribution is 0.0955. The minimum absolute atomic E-state index is 0.282. The Bertz CT molecular complexity index is 726. The van der Waals surface area contributed by atoms with Crippen molar-refractivity contribution in [3.05, 3.63) is 63.6 Å². The number of halogens is 2. The van der Waals surface area contributed by atoms with Crippen molar-refractivity contribution in [1.82, 2.24) is 5.43 Å². The van der Waals surface area contributed by atoms with Crippen LogP contribution in [0.4, 0.5) is 5.69 Å². The number of carbonyl (C=O) groups is 1. The number of nitrogens with zero attached hydrogens (tertiary/aromatic N) is 2. The second-order valence-electron chi connectivity index (χ2n) is 5.06. The zero-order valence-electron chi connectivity index (χ0n) is 13.6. The van der Waals surface area contributed by atoms with Crippen LogP contribution in [0.2, 0.25) is 10.0 Å². The van der Waals surface area contributed by atoms with Gasteiger partial charge in [0.25, 0.3) is 5.91 Å². The van der Waals surface area contributed by atoms with E-state index in [2.05, 4.69) is 29.3 Å². The van der Waals surface area contributed by atoms with Crippen molar-refractivity contribution in [3.8, 4) is 0 Å². The van der Waals surface area contributed by atoms with E-state index in [1.807, 2.05) is 12.1 Å². The molecule has 24 heavy (non-hydrogen) atoms. The van der Waals surface area contributed by atoms with E-state index in [1.165, 1.54) is 6.21 Å². The van der Waals surface area contributed by atoms with E-state index in [0.29, 0.717) is 21.2 Å². The van der Waals surface area contributed by atoms with E-state index in [4.69, 9.17) is 23.2 Å². The number of hydrogen-bond donors (Lipinski definition) is 1. The summed E-state index contributed by atoms with van der Waals surface area (Å²) in [5, 5.41) is 4.78. The molecule has 0 unspecified atom stereocenters. The highest BCUT2D eigenvalue weighted by Crippen LogP contribution is 2.24. The minimum Gasteiger partial charge on any atom is -0.372 e. The Kier molecular flexibility index (Phi) is 6.64. The first kappa shape index (κ1) is 18.3. The van der Waals surface area contributed by atoms with Crippen molar-refractivity contribution in [3.63, 3.8) is 0 Å². The summed E-state index contributed by atoms with van der Waals surface area (Å²) in [4.78, 5) is 14.3. The van der Waals surface area contributed by atoms with E-state index < -0.39 is 0 Å². The van der Waals surface area contributed by atoms with Crippen molar-refractivity contribution in [2.24, 2.45) is 5.10 Å². The predicted octanol–water partition coefficient (Wildman–Crippen LogP) is 4.60. The maximum atomic E-state index is 12.1. The number of rotatable bonds is 6. The summed E-state index contributed by atoms with van der Waals surface area (Å²) in [5.74, 6) is -0.282. The third-order valence-corrected chi connectivity index (χ3v) is 4.44. The Labute approximate surface area is 152 Å². The van der Waals surface area contributed by atoms with Gasteiger partial charge >= 0.3 is 0 Å². The molecular weight excluding hydrogens is 345 g/mol. The third-order valence-electron chi connectivity index (χ3n) is 3.61. The third kappa shape index (κ3) is 4.49. The average molecular weight is 364 g/mol. The first-order valence-corrected chi connectivity index (χ1v) is 8.44. The average Bonchev–Trinajstić information content (AvgIpc) is 2.60. The molecule has 0 heterocycles. The summed E-state index contributed by atoms with van der Waals surface area (Å²) in [6, 6.07) is 12.7. The fourth-order valence-electron chi connectivity index (χ4n) is 2.26. The lowest BCUT2D eigenvalue weighted by Crippen LogP contribution is -2.22. The summed E-state index contributed by atoms with van der Waals surface area (Å²) < 4.78 is 0. The summed E-state index contributed by atoms with van der Waals surface area (Å²) in [6.07, 6.45) is 1.47. The van der Waals surface area contributed by atoms with Crippen LogP contribution in [0.25, 0.3) is 0 Å². The van der Waals surface area contributed by atoms with Gasteiger partial charge in [0.2, 0.25) is 0 Å². The van der Waals surface area contributed by atoms with Crippen molar-refractivity contribution < 1.29 is 4.79 Å². The molecule has 0 bridgehead atoms. The van der Waals surface area contributed by atoms with Gasteiger partial charge in [0.05, 0.1) is 16.3 Å². The van der Waals surface area contributed by atoms with Crippen molar-refractivity contribution in [2.75, 3.05) is 18.0 Å². The quantitative estimate of drug-likeness (QED) is 0.601. The molecule has 0 aliphatic carbocycles. The lowest BCUT2D eigenvalue weighted by atomic mass is 10.2. The molecule has 0 atom stereocenters. The smallest absolute Gasteiger partial charge is 0.271 e. The van der Waals surface area contributed by atoms with E-state index >= 15 is 0 Å². The van der Waals surface area contributed by atoms with Gasteiger partial charge in [-0.2, -0.15) is 5.10 Å². The highest BCUT2D eigenvalue weighted by Gasteiger charge is 2.07. The van der Waals surface area contributed by atoms with Crippen LogP contribution in [-0.2, 0) is 0 Å². The SMILES string of the molecule is CCN(CC)c1ccc(C(=O)N/N=C\c2cccc(Cl)c2Cl)cc1. The first-order chi connectivity index (χ1) is 11.6. The molecular formula is C18H19Cl2N3O. The Hall–Kier alpha value is -2.04. The molecule has 0 spiro atoms. The van der Waals surface area contributed by atoms with Gasteiger partial charge in [-0.25, -0.2) is 5.43 Å². The number of anilines is 1. The molecule has 4 nitrogen and oxygen atoms in total. The largest absolute Gasteiger partial charge is 0.372 e. The van der Waals surface area contributed by atoms with Gasteiger partial charge in [0.15, 0.2) is 0 Å². The van der Waals surface area contributed by atoms with Crippen LogP contribution >= 0.6 is 23.2 Å². The molecule has 2 rings (SSSR count). The number of carbonyl (C=O) groups excluding carboxylic acids is 1. The van der Waals surface area contributed by atoms with Crippen LogP contribution in [0.5, 0.6) is 0 Å². The molecule has 0 aliphatic heterocycles. The topological polar surface area (TPSA) is 44.7 Å². The van der Waals surface area contributed by atoms with E-state index in [1.54, 1.807) is 30.3 Å². The normalized spacial score (nSPS) is 10.8. The van der Waals surface area contributed by atoms with Gasteiger partial charge in [0.1, 0.15) is 0 Å². The Morgan fingerprint density at radius 1 is 1.12 bits per heavy atom. The molecule has 0 fully saturated rings. The predicted molar refractivity (Wildman–Crippen MR) is 102 cm³/mol. The zero-order valence-corrected chi connectivity index (χ0v) is 15.1. The maximum Gasteiger partial charge on any atom is 0.271 e. The van der Waals surface area contributed by atoms with Gasteiger partial charge in [0, 0.05) is 29.9 Å². The fourth-order valence-corrected chi connectivity index (χ4v) is 2.61. The molecule has 126 valence electrons. The summed E-state index contributed by atoms with van der Waals surface area (Å²) in [5.41, 5.74) is 4.76. The van der Waals surface area contributed by atoms with Crippen LogP contribution < -0.4 is 10.3 Å². The Morgan fingerprint density at radius 2 is 1.79 bits per heavy atom. The number of hydrazone groups is 1. The lowest BCUT2D eigenvalue weighted by Gasteiger charge is -2.20. The minimum atomic E-state index is -0.282. The molecule has 0 aromatic heterocycles. The first-order valence-electron chi connectivity index (χ1n) is 7.69.